The van der Waals surface area contributed by atoms with Crippen molar-refractivity contribution in [2.24, 2.45) is 5.41 Å². The molecule has 0 radical (unpaired) electrons. The van der Waals surface area contributed by atoms with Crippen molar-refractivity contribution in [2.45, 2.75) is 65.3 Å². The molecule has 1 fully saturated rings. The van der Waals surface area contributed by atoms with Gasteiger partial charge in [0.25, 0.3) is 5.91 Å². The van der Waals surface area contributed by atoms with E-state index in [0.717, 1.165) is 0 Å². The lowest BCUT2D eigenvalue weighted by atomic mass is 9.85. The summed E-state index contributed by atoms with van der Waals surface area (Å²) in [7, 11) is 0. The molecule has 7 nitrogen and oxygen atoms in total. The molecule has 0 aliphatic carbocycles. The first-order valence-electron chi connectivity index (χ1n) is 11.5. The Morgan fingerprint density at radius 3 is 2.35 bits per heavy atom. The Labute approximate surface area is 200 Å². The molecule has 1 saturated heterocycles. The van der Waals surface area contributed by atoms with E-state index < -0.39 is 24.1 Å². The van der Waals surface area contributed by atoms with E-state index in [4.69, 9.17) is 4.84 Å². The normalized spacial score (nSPS) is 19.2. The van der Waals surface area contributed by atoms with Crippen LogP contribution in [-0.2, 0) is 9.59 Å². The molecule has 2 aromatic rings. The number of hydroxylamine groups is 1. The zero-order valence-electron chi connectivity index (χ0n) is 20.3. The van der Waals surface area contributed by atoms with Crippen molar-refractivity contribution >= 4 is 11.8 Å². The minimum absolute atomic E-state index is 0.0728. The molecule has 0 aromatic heterocycles. The lowest BCUT2D eigenvalue weighted by molar-refractivity contribution is -0.144. The molecule has 0 saturated carbocycles. The van der Waals surface area contributed by atoms with E-state index in [1.54, 1.807) is 42.5 Å². The second-order valence-electron chi connectivity index (χ2n) is 10.1. The zero-order chi connectivity index (χ0) is 25.0. The third-order valence-electron chi connectivity index (χ3n) is 5.79. The molecule has 0 unspecified atom stereocenters. The summed E-state index contributed by atoms with van der Waals surface area (Å²) in [5.74, 6) is -0.708. The lowest BCUT2D eigenvalue weighted by Crippen LogP contribution is -2.58. The van der Waals surface area contributed by atoms with Crippen LogP contribution in [0.15, 0.2) is 48.5 Å². The van der Waals surface area contributed by atoms with Crippen LogP contribution in [0.25, 0.3) is 11.1 Å². The van der Waals surface area contributed by atoms with Crippen LogP contribution >= 0.6 is 0 Å². The average Bonchev–Trinajstić information content (AvgIpc) is 3.17. The molecule has 3 N–H and O–H groups in total. The Morgan fingerprint density at radius 2 is 1.76 bits per heavy atom. The fraction of sp³-hybridized carbons (Fsp3) is 0.462. The molecule has 1 aliphatic heterocycles. The average molecular weight is 472 g/mol. The van der Waals surface area contributed by atoms with Gasteiger partial charge in [0.15, 0.2) is 5.75 Å². The smallest absolute Gasteiger partial charge is 0.275 e. The van der Waals surface area contributed by atoms with Gasteiger partial charge in [-0.25, -0.2) is 4.39 Å². The second kappa shape index (κ2) is 10.5. The Hall–Kier alpha value is -2.97. The highest BCUT2D eigenvalue weighted by molar-refractivity contribution is 5.90. The molecule has 0 bridgehead atoms. The van der Waals surface area contributed by atoms with Gasteiger partial charge >= 0.3 is 0 Å². The van der Waals surface area contributed by atoms with Gasteiger partial charge in [-0.15, -0.1) is 0 Å². The van der Waals surface area contributed by atoms with E-state index in [-0.39, 0.29) is 36.1 Å². The fourth-order valence-corrected chi connectivity index (χ4v) is 4.07. The predicted octanol–water partition coefficient (Wildman–Crippen LogP) is 3.28. The summed E-state index contributed by atoms with van der Waals surface area (Å²) in [5, 5.41) is 13.5. The van der Waals surface area contributed by atoms with Crippen LogP contribution in [0, 0.1) is 11.2 Å². The van der Waals surface area contributed by atoms with E-state index in [0.29, 0.717) is 16.9 Å². The molecular formula is C26H34FN3O4. The van der Waals surface area contributed by atoms with Crippen LogP contribution in [-0.4, -0.2) is 52.6 Å². The van der Waals surface area contributed by atoms with Gasteiger partial charge in [0.2, 0.25) is 5.91 Å². The highest BCUT2D eigenvalue weighted by Crippen LogP contribution is 2.27. The Kier molecular flexibility index (Phi) is 7.94. The summed E-state index contributed by atoms with van der Waals surface area (Å²) in [6.07, 6.45) is -0.662. The number of rotatable bonds is 7. The number of β-amino-alcohol motifs (C(OH)–C–C–N with tert-alkyl or cyclic N) is 1. The fourth-order valence-electron chi connectivity index (χ4n) is 4.07. The first-order chi connectivity index (χ1) is 16.0. The van der Waals surface area contributed by atoms with E-state index in [1.165, 1.54) is 11.0 Å². The summed E-state index contributed by atoms with van der Waals surface area (Å²) in [6, 6.07) is 11.8. The number of likely N-dealkylation sites (tertiary alicyclic amines) is 1. The van der Waals surface area contributed by atoms with Crippen LogP contribution in [0.2, 0.25) is 0 Å². The molecule has 184 valence electrons. The maximum Gasteiger partial charge on any atom is 0.275 e. The van der Waals surface area contributed by atoms with Gasteiger partial charge in [0, 0.05) is 24.6 Å². The van der Waals surface area contributed by atoms with Crippen LogP contribution in [0.1, 0.15) is 41.0 Å². The highest BCUT2D eigenvalue weighted by atomic mass is 19.1. The number of hydrogen-bond donors (Lipinski definition) is 3. The van der Waals surface area contributed by atoms with Crippen molar-refractivity contribution in [3.8, 4) is 16.9 Å². The molecule has 3 atom stereocenters. The van der Waals surface area contributed by atoms with Gasteiger partial charge in [-0.05, 0) is 29.2 Å². The molecular weight excluding hydrogens is 437 g/mol. The van der Waals surface area contributed by atoms with Crippen LogP contribution in [0.5, 0.6) is 5.75 Å². The van der Waals surface area contributed by atoms with Crippen molar-refractivity contribution in [3.05, 3.63) is 54.3 Å². The van der Waals surface area contributed by atoms with E-state index >= 15 is 0 Å². The summed E-state index contributed by atoms with van der Waals surface area (Å²) in [6.45, 7) is 9.88. The molecule has 34 heavy (non-hydrogen) atoms. The molecule has 2 aromatic carbocycles. The van der Waals surface area contributed by atoms with Gasteiger partial charge in [-0.1, -0.05) is 65.0 Å². The summed E-state index contributed by atoms with van der Waals surface area (Å²) >= 11 is 0. The monoisotopic (exact) mass is 471 g/mol. The predicted molar refractivity (Wildman–Crippen MR) is 128 cm³/mol. The number of hydrogen-bond acceptors (Lipinski definition) is 5. The first kappa shape index (κ1) is 25.6. The van der Waals surface area contributed by atoms with E-state index in [9.17, 15) is 19.1 Å². The largest absolute Gasteiger partial charge is 0.391 e. The zero-order valence-corrected chi connectivity index (χ0v) is 20.3. The first-order valence-corrected chi connectivity index (χ1v) is 11.5. The number of nitrogens with zero attached hydrogens (tertiary/aromatic N) is 1. The van der Waals surface area contributed by atoms with Crippen LogP contribution < -0.4 is 15.6 Å². The van der Waals surface area contributed by atoms with E-state index in [1.807, 2.05) is 34.6 Å². The quantitative estimate of drug-likeness (QED) is 0.539. The number of aliphatic hydroxyl groups excluding tert-OH is 1. The van der Waals surface area contributed by atoms with Crippen molar-refractivity contribution < 1.29 is 23.9 Å². The van der Waals surface area contributed by atoms with Crippen molar-refractivity contribution in [1.82, 2.24) is 15.7 Å². The molecule has 0 spiro atoms. The summed E-state index contributed by atoms with van der Waals surface area (Å²) in [4.78, 5) is 33.1. The lowest BCUT2D eigenvalue weighted by Gasteiger charge is -2.36. The molecule has 3 rings (SSSR count). The number of carbonyl (C=O) groups excluding carboxylic acids is 2. The molecule has 2 amide bonds. The molecule has 8 heteroatoms. The minimum Gasteiger partial charge on any atom is -0.391 e. The number of nitrogens with one attached hydrogen (secondary N) is 2. The maximum atomic E-state index is 14.0. The van der Waals surface area contributed by atoms with Gasteiger partial charge in [-0.2, -0.15) is 5.48 Å². The maximum absolute atomic E-state index is 14.0. The SMILES string of the molecule is CC(C)N[C@H](C(=O)N1C[C@H](O)C[C@H]1C(=O)NOc1ccc(-c2ccccc2F)cc1)C(C)(C)C. The number of amides is 2. The third-order valence-corrected chi connectivity index (χ3v) is 5.79. The minimum atomic E-state index is -0.848. The van der Waals surface area contributed by atoms with Gasteiger partial charge < -0.3 is 20.2 Å². The van der Waals surface area contributed by atoms with Crippen molar-refractivity contribution in [3.63, 3.8) is 0 Å². The van der Waals surface area contributed by atoms with Crippen LogP contribution in [0.3, 0.4) is 0 Å². The van der Waals surface area contributed by atoms with Gasteiger partial charge in [0.1, 0.15) is 11.9 Å². The van der Waals surface area contributed by atoms with Gasteiger partial charge in [-0.3, -0.25) is 9.59 Å². The number of halogens is 1. The van der Waals surface area contributed by atoms with Crippen molar-refractivity contribution in [2.75, 3.05) is 6.54 Å². The molecule has 1 aliphatic rings. The molecule has 1 heterocycles. The number of aliphatic hydroxyl groups is 1. The van der Waals surface area contributed by atoms with Crippen LogP contribution in [0.4, 0.5) is 4.39 Å². The topological polar surface area (TPSA) is 90.9 Å². The number of carbonyl (C=O) groups is 2. The Balaban J connectivity index is 1.67. The van der Waals surface area contributed by atoms with E-state index in [2.05, 4.69) is 10.8 Å². The highest BCUT2D eigenvalue weighted by Gasteiger charge is 2.44. The Bertz CT molecular complexity index is 1000. The summed E-state index contributed by atoms with van der Waals surface area (Å²) < 4.78 is 14.0. The second-order valence-corrected chi connectivity index (χ2v) is 10.1. The Morgan fingerprint density at radius 1 is 1.12 bits per heavy atom. The standard InChI is InChI=1S/C26H34FN3O4/c1-16(2)28-23(26(3,4)5)25(33)30-15-18(31)14-22(30)24(32)29-34-19-12-10-17(11-13-19)20-8-6-7-9-21(20)27/h6-13,16,18,22-23,28,31H,14-15H2,1-5H3,(H,29,32)/t18-,22+,23-/m1/s1. The summed E-state index contributed by atoms with van der Waals surface area (Å²) in [5.41, 5.74) is 3.16. The van der Waals surface area contributed by atoms with Gasteiger partial charge in [0.05, 0.1) is 12.1 Å². The third kappa shape index (κ3) is 6.12. The number of benzene rings is 2. The van der Waals surface area contributed by atoms with Crippen molar-refractivity contribution in [1.29, 1.82) is 0 Å².